The minimum atomic E-state index is -0.540. The van der Waals surface area contributed by atoms with Gasteiger partial charge >= 0.3 is 5.69 Å². The van der Waals surface area contributed by atoms with Crippen LogP contribution in [-0.2, 0) is 0 Å². The first-order chi connectivity index (χ1) is 11.5. The van der Waals surface area contributed by atoms with Crippen molar-refractivity contribution in [1.82, 2.24) is 0 Å². The molecule has 0 aliphatic heterocycles. The molecule has 2 aromatic carbocycles. The molecule has 0 aliphatic carbocycles. The Morgan fingerprint density at radius 3 is 2.33 bits per heavy atom. The SMILES string of the molecule is COc1cc(OC)c([N+](=O)[O-])cc1/C=C(/C#N)c1ccc(Br)cc1. The first-order valence-corrected chi connectivity index (χ1v) is 7.57. The maximum atomic E-state index is 11.2. The van der Waals surface area contributed by atoms with Gasteiger partial charge in [-0.05, 0) is 23.8 Å². The molecule has 0 amide bonds. The summed E-state index contributed by atoms with van der Waals surface area (Å²) < 4.78 is 11.2. The molecule has 0 spiro atoms. The normalized spacial score (nSPS) is 10.8. The Kier molecular flexibility index (Phi) is 5.55. The molecule has 0 radical (unpaired) electrons. The molecule has 122 valence electrons. The fraction of sp³-hybridized carbons (Fsp3) is 0.118. The van der Waals surface area contributed by atoms with E-state index in [1.165, 1.54) is 26.4 Å². The molecule has 0 bridgehead atoms. The van der Waals surface area contributed by atoms with E-state index in [0.717, 1.165) is 4.47 Å². The van der Waals surface area contributed by atoms with E-state index < -0.39 is 4.92 Å². The van der Waals surface area contributed by atoms with E-state index in [9.17, 15) is 15.4 Å². The molecule has 0 saturated heterocycles. The molecule has 0 fully saturated rings. The minimum absolute atomic E-state index is 0.0937. The highest BCUT2D eigenvalue weighted by Gasteiger charge is 2.19. The first kappa shape index (κ1) is 17.5. The van der Waals surface area contributed by atoms with E-state index in [2.05, 4.69) is 22.0 Å². The number of ether oxygens (including phenoxy) is 2. The van der Waals surface area contributed by atoms with Crippen LogP contribution in [0, 0.1) is 21.4 Å². The lowest BCUT2D eigenvalue weighted by Gasteiger charge is -2.09. The number of benzene rings is 2. The number of hydrogen-bond donors (Lipinski definition) is 0. The predicted molar refractivity (Wildman–Crippen MR) is 93.8 cm³/mol. The summed E-state index contributed by atoms with van der Waals surface area (Å²) >= 11 is 3.34. The van der Waals surface area contributed by atoms with Crippen molar-refractivity contribution in [1.29, 1.82) is 5.26 Å². The van der Waals surface area contributed by atoms with Gasteiger partial charge in [0.15, 0.2) is 0 Å². The second kappa shape index (κ2) is 7.62. The molecule has 2 aromatic rings. The van der Waals surface area contributed by atoms with Crippen LogP contribution in [0.2, 0.25) is 0 Å². The Labute approximate surface area is 147 Å². The molecule has 6 nitrogen and oxygen atoms in total. The zero-order chi connectivity index (χ0) is 17.7. The Bertz CT molecular complexity index is 839. The maximum Gasteiger partial charge on any atom is 0.311 e. The van der Waals surface area contributed by atoms with Gasteiger partial charge in [0.25, 0.3) is 0 Å². The van der Waals surface area contributed by atoms with Gasteiger partial charge in [0.2, 0.25) is 5.75 Å². The third-order valence-electron chi connectivity index (χ3n) is 3.30. The number of methoxy groups -OCH3 is 2. The summed E-state index contributed by atoms with van der Waals surface area (Å²) in [5, 5.41) is 20.6. The molecular formula is C17H13BrN2O4. The lowest BCUT2D eigenvalue weighted by Crippen LogP contribution is -1.97. The maximum absolute atomic E-state index is 11.2. The lowest BCUT2D eigenvalue weighted by atomic mass is 10.0. The summed E-state index contributed by atoms with van der Waals surface area (Å²) in [6, 6.07) is 12.1. The number of hydrogen-bond acceptors (Lipinski definition) is 5. The van der Waals surface area contributed by atoms with Crippen LogP contribution < -0.4 is 9.47 Å². The topological polar surface area (TPSA) is 85.4 Å². The van der Waals surface area contributed by atoms with Gasteiger partial charge in [0.05, 0.1) is 30.8 Å². The van der Waals surface area contributed by atoms with Crippen LogP contribution in [-0.4, -0.2) is 19.1 Å². The van der Waals surface area contributed by atoms with E-state index in [0.29, 0.717) is 22.4 Å². The van der Waals surface area contributed by atoms with E-state index >= 15 is 0 Å². The third kappa shape index (κ3) is 3.73. The fourth-order valence-corrected chi connectivity index (χ4v) is 2.39. The first-order valence-electron chi connectivity index (χ1n) is 6.78. The van der Waals surface area contributed by atoms with Gasteiger partial charge in [-0.1, -0.05) is 28.1 Å². The van der Waals surface area contributed by atoms with Crippen LogP contribution in [0.5, 0.6) is 11.5 Å². The minimum Gasteiger partial charge on any atom is -0.496 e. The Morgan fingerprint density at radius 2 is 1.83 bits per heavy atom. The predicted octanol–water partition coefficient (Wildman–Crippen LogP) is 4.44. The number of rotatable bonds is 5. The van der Waals surface area contributed by atoms with Gasteiger partial charge in [-0.3, -0.25) is 10.1 Å². The second-order valence-corrected chi connectivity index (χ2v) is 5.62. The average molecular weight is 389 g/mol. The summed E-state index contributed by atoms with van der Waals surface area (Å²) in [4.78, 5) is 10.6. The molecule has 0 aromatic heterocycles. The van der Waals surface area contributed by atoms with Gasteiger partial charge in [-0.2, -0.15) is 5.26 Å². The van der Waals surface area contributed by atoms with Gasteiger partial charge in [-0.15, -0.1) is 0 Å². The monoisotopic (exact) mass is 388 g/mol. The van der Waals surface area contributed by atoms with Crippen LogP contribution in [0.1, 0.15) is 11.1 Å². The molecule has 7 heteroatoms. The highest BCUT2D eigenvalue weighted by molar-refractivity contribution is 9.10. The average Bonchev–Trinajstić information content (AvgIpc) is 2.59. The summed E-state index contributed by atoms with van der Waals surface area (Å²) in [5.74, 6) is 0.471. The summed E-state index contributed by atoms with van der Waals surface area (Å²) in [5.41, 5.74) is 1.28. The molecule has 0 atom stereocenters. The van der Waals surface area contributed by atoms with Crippen molar-refractivity contribution in [2.24, 2.45) is 0 Å². The zero-order valence-electron chi connectivity index (χ0n) is 12.9. The number of nitrogens with zero attached hydrogens (tertiary/aromatic N) is 2. The molecular weight excluding hydrogens is 376 g/mol. The van der Waals surface area contributed by atoms with E-state index in [1.807, 2.05) is 12.1 Å². The third-order valence-corrected chi connectivity index (χ3v) is 3.83. The van der Waals surface area contributed by atoms with Gasteiger partial charge in [0.1, 0.15) is 5.75 Å². The molecule has 2 rings (SSSR count). The summed E-state index contributed by atoms with van der Waals surface area (Å²) in [6.07, 6.45) is 1.55. The second-order valence-electron chi connectivity index (χ2n) is 4.70. The molecule has 0 saturated carbocycles. The largest absolute Gasteiger partial charge is 0.496 e. The molecule has 0 aliphatic rings. The lowest BCUT2D eigenvalue weighted by molar-refractivity contribution is -0.385. The number of nitro groups is 1. The van der Waals surface area contributed by atoms with Gasteiger partial charge < -0.3 is 9.47 Å². The number of nitriles is 1. The number of nitro benzene ring substituents is 1. The molecule has 24 heavy (non-hydrogen) atoms. The van der Waals surface area contributed by atoms with Crippen molar-refractivity contribution in [2.45, 2.75) is 0 Å². The van der Waals surface area contributed by atoms with E-state index in [1.54, 1.807) is 18.2 Å². The Hall–Kier alpha value is -2.85. The quantitative estimate of drug-likeness (QED) is 0.327. The molecule has 0 unspecified atom stereocenters. The van der Waals surface area contributed by atoms with Gasteiger partial charge in [0, 0.05) is 22.2 Å². The highest BCUT2D eigenvalue weighted by Crippen LogP contribution is 2.36. The van der Waals surface area contributed by atoms with E-state index in [4.69, 9.17) is 9.47 Å². The van der Waals surface area contributed by atoms with Crippen LogP contribution in [0.3, 0.4) is 0 Å². The Balaban J connectivity index is 2.61. The highest BCUT2D eigenvalue weighted by atomic mass is 79.9. The van der Waals surface area contributed by atoms with Crippen LogP contribution in [0.15, 0.2) is 40.9 Å². The smallest absolute Gasteiger partial charge is 0.311 e. The van der Waals surface area contributed by atoms with Crippen molar-refractivity contribution in [3.05, 3.63) is 62.1 Å². The zero-order valence-corrected chi connectivity index (χ0v) is 14.5. The van der Waals surface area contributed by atoms with E-state index in [-0.39, 0.29) is 11.4 Å². The summed E-state index contributed by atoms with van der Waals surface area (Å²) in [6.45, 7) is 0. The number of halogens is 1. The van der Waals surface area contributed by atoms with Crippen LogP contribution in [0.4, 0.5) is 5.69 Å². The molecule has 0 N–H and O–H groups in total. The Morgan fingerprint density at radius 1 is 1.21 bits per heavy atom. The van der Waals surface area contributed by atoms with Crippen molar-refractivity contribution in [2.75, 3.05) is 14.2 Å². The van der Waals surface area contributed by atoms with Gasteiger partial charge in [-0.25, -0.2) is 0 Å². The van der Waals surface area contributed by atoms with Crippen LogP contribution in [0.25, 0.3) is 11.6 Å². The van der Waals surface area contributed by atoms with Crippen molar-refractivity contribution < 1.29 is 14.4 Å². The van der Waals surface area contributed by atoms with Crippen molar-refractivity contribution in [3.8, 4) is 17.6 Å². The standard InChI is InChI=1S/C17H13BrN2O4/c1-23-16-9-17(24-2)15(20(21)22)8-12(16)7-13(10-19)11-3-5-14(18)6-4-11/h3-9H,1-2H3/b13-7-. The molecule has 0 heterocycles. The van der Waals surface area contributed by atoms with Crippen LogP contribution >= 0.6 is 15.9 Å². The van der Waals surface area contributed by atoms with Crippen molar-refractivity contribution in [3.63, 3.8) is 0 Å². The number of allylic oxidation sites excluding steroid dienone is 1. The van der Waals surface area contributed by atoms with Crippen molar-refractivity contribution >= 4 is 33.3 Å². The summed E-state index contributed by atoms with van der Waals surface area (Å²) in [7, 11) is 2.80. The fourth-order valence-electron chi connectivity index (χ4n) is 2.13.